The largest absolute Gasteiger partial charge is 0.352 e. The Hall–Kier alpha value is -2.37. The van der Waals surface area contributed by atoms with E-state index in [4.69, 9.17) is 0 Å². The molecule has 0 aliphatic carbocycles. The molecule has 1 rings (SSSR count). The number of aryl methyl sites for hydroxylation is 1. The molecule has 0 fully saturated rings. The summed E-state index contributed by atoms with van der Waals surface area (Å²) in [5.41, 5.74) is 1.47. The highest BCUT2D eigenvalue weighted by Gasteiger charge is 2.17. The van der Waals surface area contributed by atoms with Crippen molar-refractivity contribution in [2.45, 2.75) is 39.8 Å². The number of rotatable bonds is 6. The quantitative estimate of drug-likeness (QED) is 0.725. The molecule has 0 unspecified atom stereocenters. The van der Waals surface area contributed by atoms with Crippen LogP contribution < -0.4 is 16.0 Å². The minimum atomic E-state index is -0.722. The molecular weight excluding hydrogens is 282 g/mol. The van der Waals surface area contributed by atoms with Crippen LogP contribution in [0.5, 0.6) is 0 Å². The van der Waals surface area contributed by atoms with Crippen LogP contribution in [0.1, 0.15) is 36.7 Å². The highest BCUT2D eigenvalue weighted by Crippen LogP contribution is 2.04. The van der Waals surface area contributed by atoms with Crippen molar-refractivity contribution in [3.8, 4) is 0 Å². The lowest BCUT2D eigenvalue weighted by atomic mass is 10.1. The fourth-order valence-corrected chi connectivity index (χ4v) is 1.83. The Morgan fingerprint density at radius 3 is 2.36 bits per heavy atom. The number of nitrogens with one attached hydrogen (secondary N) is 3. The second-order valence-electron chi connectivity index (χ2n) is 5.50. The first-order valence-corrected chi connectivity index (χ1v) is 7.24. The summed E-state index contributed by atoms with van der Waals surface area (Å²) in [4.78, 5) is 35.3. The average molecular weight is 305 g/mol. The number of amides is 3. The average Bonchev–Trinajstić information content (AvgIpc) is 2.43. The number of hydrogen-bond acceptors (Lipinski definition) is 3. The van der Waals surface area contributed by atoms with E-state index in [1.54, 1.807) is 25.1 Å². The van der Waals surface area contributed by atoms with Gasteiger partial charge in [0.1, 0.15) is 6.04 Å². The van der Waals surface area contributed by atoms with E-state index in [2.05, 4.69) is 16.0 Å². The summed E-state index contributed by atoms with van der Waals surface area (Å²) in [6, 6.07) is 6.40. The van der Waals surface area contributed by atoms with Crippen LogP contribution in [-0.2, 0) is 9.59 Å². The van der Waals surface area contributed by atoms with E-state index in [1.807, 2.05) is 26.8 Å². The molecule has 3 N–H and O–H groups in total. The predicted molar refractivity (Wildman–Crippen MR) is 84.4 cm³/mol. The van der Waals surface area contributed by atoms with Crippen molar-refractivity contribution in [1.82, 2.24) is 16.0 Å². The van der Waals surface area contributed by atoms with E-state index >= 15 is 0 Å². The molecule has 0 bridgehead atoms. The first kappa shape index (κ1) is 17.7. The summed E-state index contributed by atoms with van der Waals surface area (Å²) < 4.78 is 0. The fourth-order valence-electron chi connectivity index (χ4n) is 1.83. The van der Waals surface area contributed by atoms with Gasteiger partial charge in [0.2, 0.25) is 11.8 Å². The van der Waals surface area contributed by atoms with E-state index in [1.165, 1.54) is 0 Å². The van der Waals surface area contributed by atoms with Gasteiger partial charge in [-0.25, -0.2) is 0 Å². The summed E-state index contributed by atoms with van der Waals surface area (Å²) in [5.74, 6) is -0.988. The SMILES string of the molecule is Cc1cccc(C(=O)N[C@@H](C)C(=O)NCC(=O)NC(C)C)c1. The monoisotopic (exact) mass is 305 g/mol. The molecule has 6 nitrogen and oxygen atoms in total. The summed E-state index contributed by atoms with van der Waals surface area (Å²) in [5, 5.41) is 7.76. The van der Waals surface area contributed by atoms with Gasteiger partial charge in [-0.15, -0.1) is 0 Å². The number of hydrogen-bond donors (Lipinski definition) is 3. The van der Waals surface area contributed by atoms with Crippen LogP contribution in [0.2, 0.25) is 0 Å². The van der Waals surface area contributed by atoms with E-state index in [-0.39, 0.29) is 24.4 Å². The van der Waals surface area contributed by atoms with Gasteiger partial charge in [0, 0.05) is 11.6 Å². The maximum Gasteiger partial charge on any atom is 0.251 e. The molecule has 120 valence electrons. The predicted octanol–water partition coefficient (Wildman–Crippen LogP) is 0.754. The summed E-state index contributed by atoms with van der Waals surface area (Å²) in [6.07, 6.45) is 0. The molecule has 0 saturated heterocycles. The first-order valence-electron chi connectivity index (χ1n) is 7.24. The molecule has 0 spiro atoms. The van der Waals surface area contributed by atoms with Crippen LogP contribution in [-0.4, -0.2) is 36.3 Å². The van der Waals surface area contributed by atoms with Gasteiger partial charge < -0.3 is 16.0 Å². The molecule has 0 heterocycles. The third-order valence-corrected chi connectivity index (χ3v) is 2.89. The highest BCUT2D eigenvalue weighted by molar-refractivity contribution is 5.98. The molecule has 1 aromatic carbocycles. The molecule has 0 aliphatic rings. The van der Waals surface area contributed by atoms with Crippen molar-refractivity contribution >= 4 is 17.7 Å². The molecule has 6 heteroatoms. The van der Waals surface area contributed by atoms with Gasteiger partial charge in [0.15, 0.2) is 0 Å². The highest BCUT2D eigenvalue weighted by atomic mass is 16.2. The molecular formula is C16H23N3O3. The topological polar surface area (TPSA) is 87.3 Å². The van der Waals surface area contributed by atoms with Crippen LogP contribution in [0.25, 0.3) is 0 Å². The maximum atomic E-state index is 12.0. The van der Waals surface area contributed by atoms with Gasteiger partial charge in [-0.05, 0) is 39.8 Å². The standard InChI is InChI=1S/C16H23N3O3/c1-10(2)18-14(20)9-17-15(21)12(4)19-16(22)13-7-5-6-11(3)8-13/h5-8,10,12H,9H2,1-4H3,(H,17,21)(H,18,20)(H,19,22)/t12-/m0/s1. The number of carbonyl (C=O) groups excluding carboxylic acids is 3. The summed E-state index contributed by atoms with van der Waals surface area (Å²) >= 11 is 0. The van der Waals surface area contributed by atoms with Crippen LogP contribution in [0.4, 0.5) is 0 Å². The van der Waals surface area contributed by atoms with Crippen LogP contribution >= 0.6 is 0 Å². The minimum Gasteiger partial charge on any atom is -0.352 e. The smallest absolute Gasteiger partial charge is 0.251 e. The van der Waals surface area contributed by atoms with Gasteiger partial charge in [-0.2, -0.15) is 0 Å². The zero-order valence-electron chi connectivity index (χ0n) is 13.4. The Morgan fingerprint density at radius 1 is 1.09 bits per heavy atom. The fraction of sp³-hybridized carbons (Fsp3) is 0.438. The van der Waals surface area contributed by atoms with Gasteiger partial charge in [-0.1, -0.05) is 17.7 Å². The van der Waals surface area contributed by atoms with Crippen LogP contribution in [0.15, 0.2) is 24.3 Å². The molecule has 1 atom stereocenters. The molecule has 1 aromatic rings. The second kappa shape index (κ2) is 8.17. The van der Waals surface area contributed by atoms with Crippen LogP contribution in [0, 0.1) is 6.92 Å². The van der Waals surface area contributed by atoms with E-state index in [0.29, 0.717) is 5.56 Å². The van der Waals surface area contributed by atoms with E-state index < -0.39 is 11.9 Å². The van der Waals surface area contributed by atoms with Gasteiger partial charge >= 0.3 is 0 Å². The molecule has 0 radical (unpaired) electrons. The molecule has 0 aromatic heterocycles. The Balaban J connectivity index is 2.47. The Bertz CT molecular complexity index is 555. The van der Waals surface area contributed by atoms with Gasteiger partial charge in [-0.3, -0.25) is 14.4 Å². The minimum absolute atomic E-state index is 0.0165. The molecule has 3 amide bonds. The lowest BCUT2D eigenvalue weighted by molar-refractivity contribution is -0.127. The summed E-state index contributed by atoms with van der Waals surface area (Å²) in [6.45, 7) is 7.03. The lowest BCUT2D eigenvalue weighted by Gasteiger charge is -2.15. The summed E-state index contributed by atoms with van der Waals surface area (Å²) in [7, 11) is 0. The third-order valence-electron chi connectivity index (χ3n) is 2.89. The zero-order valence-corrected chi connectivity index (χ0v) is 13.4. The maximum absolute atomic E-state index is 12.0. The van der Waals surface area contributed by atoms with Crippen molar-refractivity contribution in [3.05, 3.63) is 35.4 Å². The van der Waals surface area contributed by atoms with Crippen molar-refractivity contribution in [2.24, 2.45) is 0 Å². The van der Waals surface area contributed by atoms with Crippen molar-refractivity contribution in [3.63, 3.8) is 0 Å². The number of carbonyl (C=O) groups is 3. The normalized spacial score (nSPS) is 11.7. The Morgan fingerprint density at radius 2 is 1.77 bits per heavy atom. The van der Waals surface area contributed by atoms with E-state index in [9.17, 15) is 14.4 Å². The molecule has 22 heavy (non-hydrogen) atoms. The van der Waals surface area contributed by atoms with E-state index in [0.717, 1.165) is 5.56 Å². The van der Waals surface area contributed by atoms with Crippen molar-refractivity contribution < 1.29 is 14.4 Å². The Labute approximate surface area is 130 Å². The van der Waals surface area contributed by atoms with Crippen LogP contribution in [0.3, 0.4) is 0 Å². The first-order chi connectivity index (χ1) is 10.3. The third kappa shape index (κ3) is 5.95. The molecule has 0 aliphatic heterocycles. The van der Waals surface area contributed by atoms with Crippen molar-refractivity contribution in [1.29, 1.82) is 0 Å². The lowest BCUT2D eigenvalue weighted by Crippen LogP contribution is -2.48. The van der Waals surface area contributed by atoms with Gasteiger partial charge in [0.25, 0.3) is 5.91 Å². The molecule has 0 saturated carbocycles. The zero-order chi connectivity index (χ0) is 16.7. The second-order valence-corrected chi connectivity index (χ2v) is 5.50. The van der Waals surface area contributed by atoms with Gasteiger partial charge in [0.05, 0.1) is 6.54 Å². The number of benzene rings is 1. The van der Waals surface area contributed by atoms with Crippen molar-refractivity contribution in [2.75, 3.05) is 6.54 Å². The Kier molecular flexibility index (Phi) is 6.56.